The summed E-state index contributed by atoms with van der Waals surface area (Å²) < 4.78 is 15.5. The Kier molecular flexibility index (Phi) is 3.07. The zero-order chi connectivity index (χ0) is 14.6. The van der Waals surface area contributed by atoms with E-state index in [1.165, 1.54) is 6.07 Å². The van der Waals surface area contributed by atoms with Crippen molar-refractivity contribution in [1.29, 1.82) is 0 Å². The van der Waals surface area contributed by atoms with E-state index in [0.717, 1.165) is 29.0 Å². The van der Waals surface area contributed by atoms with Crippen molar-refractivity contribution in [2.75, 3.05) is 0 Å². The fourth-order valence-electron chi connectivity index (χ4n) is 2.49. The van der Waals surface area contributed by atoms with Gasteiger partial charge in [-0.3, -0.25) is 9.20 Å². The van der Waals surface area contributed by atoms with Crippen molar-refractivity contribution in [3.05, 3.63) is 48.7 Å². The van der Waals surface area contributed by atoms with Crippen LogP contribution in [-0.4, -0.2) is 15.5 Å². The van der Waals surface area contributed by atoms with Crippen LogP contribution < -0.4 is 5.56 Å². The van der Waals surface area contributed by atoms with Crippen molar-refractivity contribution in [3.8, 4) is 0 Å². The van der Waals surface area contributed by atoms with E-state index in [1.807, 2.05) is 22.6 Å². The molecule has 20 heavy (non-hydrogen) atoms. The standard InChI is InChI=1S/C14H11FINO3/c1-6-11(16)10(15)5-17-12(6)8(7-2-3-7)4-9(13(17)18)14(19)20/h4-5,7H,2-3H2,1H3,(H,19,20). The largest absolute Gasteiger partial charge is 0.477 e. The van der Waals surface area contributed by atoms with Gasteiger partial charge in [-0.05, 0) is 65.5 Å². The van der Waals surface area contributed by atoms with E-state index in [0.29, 0.717) is 14.7 Å². The molecule has 0 aromatic carbocycles. The minimum atomic E-state index is -1.28. The summed E-state index contributed by atoms with van der Waals surface area (Å²) in [5, 5.41) is 9.14. The Balaban J connectivity index is 2.52. The van der Waals surface area contributed by atoms with Crippen molar-refractivity contribution in [2.24, 2.45) is 0 Å². The van der Waals surface area contributed by atoms with Crippen molar-refractivity contribution in [3.63, 3.8) is 0 Å². The van der Waals surface area contributed by atoms with Gasteiger partial charge in [0.05, 0.1) is 9.09 Å². The monoisotopic (exact) mass is 387 g/mol. The third-order valence-corrected chi connectivity index (χ3v) is 4.97. The van der Waals surface area contributed by atoms with E-state index >= 15 is 0 Å². The predicted molar refractivity (Wildman–Crippen MR) is 80.0 cm³/mol. The topological polar surface area (TPSA) is 58.8 Å². The van der Waals surface area contributed by atoms with Crippen molar-refractivity contribution in [2.45, 2.75) is 25.7 Å². The summed E-state index contributed by atoms with van der Waals surface area (Å²) in [6.07, 6.45) is 3.03. The molecular weight excluding hydrogens is 376 g/mol. The van der Waals surface area contributed by atoms with Gasteiger partial charge in [0, 0.05) is 6.20 Å². The van der Waals surface area contributed by atoms with E-state index < -0.39 is 17.3 Å². The molecule has 0 saturated heterocycles. The molecule has 2 heterocycles. The second-order valence-electron chi connectivity index (χ2n) is 5.03. The van der Waals surface area contributed by atoms with Gasteiger partial charge in [-0.2, -0.15) is 0 Å². The highest BCUT2D eigenvalue weighted by molar-refractivity contribution is 14.1. The van der Waals surface area contributed by atoms with Crippen LogP contribution in [0.1, 0.15) is 40.2 Å². The van der Waals surface area contributed by atoms with Gasteiger partial charge in [-0.15, -0.1) is 0 Å². The van der Waals surface area contributed by atoms with Gasteiger partial charge in [0.1, 0.15) is 5.56 Å². The molecule has 0 aliphatic heterocycles. The zero-order valence-electron chi connectivity index (χ0n) is 10.6. The molecule has 0 amide bonds. The first-order valence-corrected chi connectivity index (χ1v) is 7.27. The Morgan fingerprint density at radius 2 is 2.15 bits per heavy atom. The lowest BCUT2D eigenvalue weighted by atomic mass is 10.0. The number of carboxylic acids is 1. The third kappa shape index (κ3) is 1.93. The second kappa shape index (κ2) is 4.54. The molecule has 0 atom stereocenters. The Morgan fingerprint density at radius 1 is 1.50 bits per heavy atom. The Morgan fingerprint density at radius 3 is 2.70 bits per heavy atom. The number of fused-ring (bicyclic) bond motifs is 1. The SMILES string of the molecule is Cc1c(I)c(F)cn2c(=O)c(C(=O)O)cc(C3CC3)c12. The summed E-state index contributed by atoms with van der Waals surface area (Å²) in [7, 11) is 0. The maximum Gasteiger partial charge on any atom is 0.341 e. The quantitative estimate of drug-likeness (QED) is 0.807. The zero-order valence-corrected chi connectivity index (χ0v) is 12.8. The molecule has 1 fully saturated rings. The molecule has 0 spiro atoms. The van der Waals surface area contributed by atoms with Crippen molar-refractivity contribution in [1.82, 2.24) is 4.40 Å². The second-order valence-corrected chi connectivity index (χ2v) is 6.11. The first-order valence-electron chi connectivity index (χ1n) is 6.19. The Bertz CT molecular complexity index is 808. The predicted octanol–water partition coefficient (Wildman–Crippen LogP) is 2.93. The van der Waals surface area contributed by atoms with Crippen LogP contribution in [0.3, 0.4) is 0 Å². The Hall–Kier alpha value is -1.44. The number of halogens is 2. The van der Waals surface area contributed by atoms with Gasteiger partial charge < -0.3 is 5.11 Å². The highest BCUT2D eigenvalue weighted by atomic mass is 127. The van der Waals surface area contributed by atoms with Crippen LogP contribution in [0.4, 0.5) is 4.39 Å². The van der Waals surface area contributed by atoms with Gasteiger partial charge in [-0.1, -0.05) is 0 Å². The lowest BCUT2D eigenvalue weighted by molar-refractivity contribution is 0.0694. The van der Waals surface area contributed by atoms with Crippen LogP contribution in [0.15, 0.2) is 17.1 Å². The minimum absolute atomic E-state index is 0.267. The van der Waals surface area contributed by atoms with Crippen LogP contribution in [-0.2, 0) is 0 Å². The number of nitrogens with zero attached hydrogens (tertiary/aromatic N) is 1. The molecule has 1 aliphatic rings. The molecule has 1 N–H and O–H groups in total. The third-order valence-electron chi connectivity index (χ3n) is 3.65. The van der Waals surface area contributed by atoms with E-state index in [2.05, 4.69) is 0 Å². The summed E-state index contributed by atoms with van der Waals surface area (Å²) in [5.41, 5.74) is 1.17. The molecule has 6 heteroatoms. The smallest absolute Gasteiger partial charge is 0.341 e. The fraction of sp³-hybridized carbons (Fsp3) is 0.286. The number of pyridine rings is 2. The molecule has 2 aromatic rings. The molecule has 3 rings (SSSR count). The van der Waals surface area contributed by atoms with Gasteiger partial charge in [0.2, 0.25) is 0 Å². The average Bonchev–Trinajstić information content (AvgIpc) is 3.21. The highest BCUT2D eigenvalue weighted by Gasteiger charge is 2.29. The molecule has 0 bridgehead atoms. The van der Waals surface area contributed by atoms with Crippen molar-refractivity contribution < 1.29 is 14.3 Å². The van der Waals surface area contributed by atoms with E-state index in [1.54, 1.807) is 6.92 Å². The lowest BCUT2D eigenvalue weighted by Crippen LogP contribution is -2.24. The summed E-state index contributed by atoms with van der Waals surface area (Å²) in [6.45, 7) is 1.76. The molecule has 104 valence electrons. The van der Waals surface area contributed by atoms with Crippen LogP contribution in [0, 0.1) is 16.3 Å². The van der Waals surface area contributed by atoms with Gasteiger partial charge in [0.25, 0.3) is 5.56 Å². The summed E-state index contributed by atoms with van der Waals surface area (Å²) in [5.74, 6) is -1.52. The maximum absolute atomic E-state index is 13.9. The summed E-state index contributed by atoms with van der Waals surface area (Å²) in [6, 6.07) is 1.46. The molecule has 1 saturated carbocycles. The summed E-state index contributed by atoms with van der Waals surface area (Å²) >= 11 is 1.90. The first-order chi connectivity index (χ1) is 9.41. The molecule has 2 aromatic heterocycles. The molecular formula is C14H11FINO3. The van der Waals surface area contributed by atoms with Crippen LogP contribution >= 0.6 is 22.6 Å². The number of rotatable bonds is 2. The number of hydrogen-bond acceptors (Lipinski definition) is 2. The highest BCUT2D eigenvalue weighted by Crippen LogP contribution is 2.43. The van der Waals surface area contributed by atoms with Crippen LogP contribution in [0.25, 0.3) is 5.52 Å². The van der Waals surface area contributed by atoms with Crippen molar-refractivity contribution >= 4 is 34.1 Å². The number of aromatic carboxylic acids is 1. The maximum atomic E-state index is 13.9. The number of hydrogen-bond donors (Lipinski definition) is 1. The fourth-order valence-corrected chi connectivity index (χ4v) is 2.88. The van der Waals surface area contributed by atoms with Gasteiger partial charge in [-0.25, -0.2) is 9.18 Å². The van der Waals surface area contributed by atoms with Crippen LogP contribution in [0.5, 0.6) is 0 Å². The summed E-state index contributed by atoms with van der Waals surface area (Å²) in [4.78, 5) is 23.4. The normalized spacial score (nSPS) is 14.8. The van der Waals surface area contributed by atoms with Gasteiger partial charge in [0.15, 0.2) is 5.82 Å². The molecule has 0 radical (unpaired) electrons. The minimum Gasteiger partial charge on any atom is -0.477 e. The van der Waals surface area contributed by atoms with E-state index in [4.69, 9.17) is 5.11 Å². The number of carboxylic acid groups (broad SMARTS) is 1. The van der Waals surface area contributed by atoms with Crippen LogP contribution in [0.2, 0.25) is 0 Å². The molecule has 0 unspecified atom stereocenters. The lowest BCUT2D eigenvalue weighted by Gasteiger charge is -2.13. The number of aryl methyl sites for hydroxylation is 1. The number of carbonyl (C=O) groups is 1. The van der Waals surface area contributed by atoms with E-state index in [-0.39, 0.29) is 11.5 Å². The van der Waals surface area contributed by atoms with E-state index in [9.17, 15) is 14.0 Å². The Labute approximate surface area is 127 Å². The molecule has 4 nitrogen and oxygen atoms in total. The van der Waals surface area contributed by atoms with Gasteiger partial charge >= 0.3 is 5.97 Å². The average molecular weight is 387 g/mol. The molecule has 1 aliphatic carbocycles. The first kappa shape index (κ1) is 13.5. The number of aromatic nitrogens is 1.